The Hall–Kier alpha value is -2.98. The zero-order chi connectivity index (χ0) is 17.4. The molecule has 25 heavy (non-hydrogen) atoms. The molecule has 0 saturated heterocycles. The minimum absolute atomic E-state index is 0.0530. The quantitative estimate of drug-likeness (QED) is 0.778. The van der Waals surface area contributed by atoms with Gasteiger partial charge in [0, 0.05) is 35.6 Å². The number of aromatic nitrogens is 1. The predicted molar refractivity (Wildman–Crippen MR) is 97.6 cm³/mol. The molecule has 0 radical (unpaired) electrons. The number of fused-ring (bicyclic) bond motifs is 2. The third kappa shape index (κ3) is 2.26. The van der Waals surface area contributed by atoms with Gasteiger partial charge < -0.3 is 9.88 Å². The van der Waals surface area contributed by atoms with E-state index in [9.17, 15) is 10.5 Å². The molecule has 1 saturated carbocycles. The summed E-state index contributed by atoms with van der Waals surface area (Å²) < 4.78 is 1.93. The first kappa shape index (κ1) is 15.5. The predicted octanol–water partition coefficient (Wildman–Crippen LogP) is 4.60. The Bertz CT molecular complexity index is 943. The third-order valence-electron chi connectivity index (χ3n) is 5.77. The number of allylic oxidation sites excluding steroid dienone is 2. The van der Waals surface area contributed by atoms with Crippen molar-refractivity contribution in [3.05, 3.63) is 53.4 Å². The topological polar surface area (TPSA) is 64.5 Å². The van der Waals surface area contributed by atoms with Crippen LogP contribution in [0.2, 0.25) is 0 Å². The van der Waals surface area contributed by atoms with Gasteiger partial charge in [0.15, 0.2) is 0 Å². The molecular formula is C21H20N4. The fourth-order valence-corrected chi connectivity index (χ4v) is 4.46. The number of rotatable bonds is 1. The number of hydrogen-bond donors (Lipinski definition) is 1. The zero-order valence-electron chi connectivity index (χ0n) is 14.3. The van der Waals surface area contributed by atoms with Crippen LogP contribution in [0, 0.1) is 22.7 Å². The summed E-state index contributed by atoms with van der Waals surface area (Å²) in [5, 5.41) is 21.9. The molecule has 2 aliphatic rings. The lowest BCUT2D eigenvalue weighted by molar-refractivity contribution is 0.350. The summed E-state index contributed by atoms with van der Waals surface area (Å²) in [7, 11) is 1.93. The van der Waals surface area contributed by atoms with Crippen molar-refractivity contribution in [2.24, 2.45) is 7.05 Å². The normalized spacial score (nSPS) is 19.2. The van der Waals surface area contributed by atoms with E-state index in [2.05, 4.69) is 35.7 Å². The van der Waals surface area contributed by atoms with Gasteiger partial charge in [0.1, 0.15) is 11.8 Å². The largest absolute Gasteiger partial charge is 0.357 e. The van der Waals surface area contributed by atoms with Crippen molar-refractivity contribution >= 4 is 5.69 Å². The first-order chi connectivity index (χ1) is 12.2. The van der Waals surface area contributed by atoms with E-state index >= 15 is 0 Å². The third-order valence-corrected chi connectivity index (χ3v) is 5.77. The second-order valence-corrected chi connectivity index (χ2v) is 6.99. The molecule has 0 amide bonds. The molecule has 0 unspecified atom stereocenters. The fourth-order valence-electron chi connectivity index (χ4n) is 4.46. The van der Waals surface area contributed by atoms with Crippen LogP contribution in [0.15, 0.2) is 42.1 Å². The standard InChI is InChI=1S/C21H20N4/c1-25-16(14-23)6-8-19(25)15-5-7-18-17(13-15)21(10-3-2-4-11-21)20(24-18)9-12-22/h5-9,13,24H,2-4,10-11H2,1H3/b20-9-. The lowest BCUT2D eigenvalue weighted by atomic mass is 9.68. The Balaban J connectivity index is 1.86. The van der Waals surface area contributed by atoms with Gasteiger partial charge in [0.05, 0.1) is 6.07 Å². The van der Waals surface area contributed by atoms with Gasteiger partial charge >= 0.3 is 0 Å². The Morgan fingerprint density at radius 2 is 1.92 bits per heavy atom. The van der Waals surface area contributed by atoms with E-state index in [-0.39, 0.29) is 5.41 Å². The number of benzene rings is 1. The summed E-state index contributed by atoms with van der Waals surface area (Å²) in [6.07, 6.45) is 7.50. The molecule has 4 nitrogen and oxygen atoms in total. The first-order valence-electron chi connectivity index (χ1n) is 8.77. The molecule has 1 aliphatic heterocycles. The molecule has 0 atom stereocenters. The molecule has 2 aromatic rings. The average Bonchev–Trinajstić information content (AvgIpc) is 3.15. The number of nitrogens with zero attached hydrogens (tertiary/aromatic N) is 3. The summed E-state index contributed by atoms with van der Waals surface area (Å²) in [4.78, 5) is 0. The molecule has 1 aromatic carbocycles. The lowest BCUT2D eigenvalue weighted by Crippen LogP contribution is -2.29. The van der Waals surface area contributed by atoms with Crippen molar-refractivity contribution in [3.8, 4) is 23.4 Å². The molecular weight excluding hydrogens is 308 g/mol. The van der Waals surface area contributed by atoms with Crippen molar-refractivity contribution in [2.75, 3.05) is 5.32 Å². The zero-order valence-corrected chi connectivity index (χ0v) is 14.3. The maximum atomic E-state index is 9.22. The van der Waals surface area contributed by atoms with Gasteiger partial charge in [0.2, 0.25) is 0 Å². The highest BCUT2D eigenvalue weighted by Gasteiger charge is 2.44. The van der Waals surface area contributed by atoms with Gasteiger partial charge in [0.25, 0.3) is 0 Å². The Kier molecular flexibility index (Phi) is 3.62. The average molecular weight is 328 g/mol. The van der Waals surface area contributed by atoms with Gasteiger partial charge in [-0.15, -0.1) is 0 Å². The molecule has 2 heterocycles. The Morgan fingerprint density at radius 3 is 2.60 bits per heavy atom. The molecule has 124 valence electrons. The summed E-state index contributed by atoms with van der Waals surface area (Å²) in [6, 6.07) is 14.8. The molecule has 4 rings (SSSR count). The minimum atomic E-state index is -0.0530. The second kappa shape index (κ2) is 5.83. The number of nitriles is 2. The molecule has 0 bridgehead atoms. The van der Waals surface area contributed by atoms with Crippen molar-refractivity contribution < 1.29 is 0 Å². The SMILES string of the molecule is Cn1c(C#N)ccc1-c1ccc2c(c1)C1(CCCCC1)/C(=C/C#N)N2. The smallest absolute Gasteiger partial charge is 0.120 e. The van der Waals surface area contributed by atoms with Gasteiger partial charge in [-0.05, 0) is 48.2 Å². The fraction of sp³-hybridized carbons (Fsp3) is 0.333. The summed E-state index contributed by atoms with van der Waals surface area (Å²) in [5.74, 6) is 0. The van der Waals surface area contributed by atoms with Crippen molar-refractivity contribution in [1.82, 2.24) is 4.57 Å². The monoisotopic (exact) mass is 328 g/mol. The maximum Gasteiger partial charge on any atom is 0.120 e. The molecule has 1 aliphatic carbocycles. The summed E-state index contributed by atoms with van der Waals surface area (Å²) in [6.45, 7) is 0. The van der Waals surface area contributed by atoms with Crippen LogP contribution in [-0.4, -0.2) is 4.57 Å². The van der Waals surface area contributed by atoms with Crippen LogP contribution in [0.25, 0.3) is 11.3 Å². The highest BCUT2D eigenvalue weighted by atomic mass is 15.0. The van der Waals surface area contributed by atoms with E-state index in [1.807, 2.05) is 23.7 Å². The highest BCUT2D eigenvalue weighted by Crippen LogP contribution is 2.52. The van der Waals surface area contributed by atoms with Crippen molar-refractivity contribution in [3.63, 3.8) is 0 Å². The second-order valence-electron chi connectivity index (χ2n) is 6.99. The Labute approximate surface area is 148 Å². The number of hydrogen-bond acceptors (Lipinski definition) is 3. The van der Waals surface area contributed by atoms with Crippen LogP contribution in [-0.2, 0) is 12.5 Å². The van der Waals surface area contributed by atoms with Gasteiger partial charge in [-0.1, -0.05) is 25.3 Å². The highest BCUT2D eigenvalue weighted by molar-refractivity contribution is 5.75. The minimum Gasteiger partial charge on any atom is -0.357 e. The van der Waals surface area contributed by atoms with Crippen LogP contribution >= 0.6 is 0 Å². The van der Waals surface area contributed by atoms with E-state index in [0.717, 1.165) is 35.5 Å². The lowest BCUT2D eigenvalue weighted by Gasteiger charge is -2.34. The van der Waals surface area contributed by atoms with Crippen LogP contribution in [0.4, 0.5) is 5.69 Å². The van der Waals surface area contributed by atoms with E-state index in [0.29, 0.717) is 5.69 Å². The van der Waals surface area contributed by atoms with Gasteiger partial charge in [-0.25, -0.2) is 0 Å². The van der Waals surface area contributed by atoms with Gasteiger partial charge in [-0.3, -0.25) is 0 Å². The van der Waals surface area contributed by atoms with Gasteiger partial charge in [-0.2, -0.15) is 10.5 Å². The molecule has 1 N–H and O–H groups in total. The van der Waals surface area contributed by atoms with E-state index in [1.54, 1.807) is 6.08 Å². The maximum absolute atomic E-state index is 9.22. The van der Waals surface area contributed by atoms with Crippen molar-refractivity contribution in [1.29, 1.82) is 10.5 Å². The van der Waals surface area contributed by atoms with Crippen LogP contribution in [0.3, 0.4) is 0 Å². The number of nitrogens with one attached hydrogen (secondary N) is 1. The summed E-state index contributed by atoms with van der Waals surface area (Å²) >= 11 is 0. The van der Waals surface area contributed by atoms with Crippen LogP contribution in [0.5, 0.6) is 0 Å². The van der Waals surface area contributed by atoms with Crippen molar-refractivity contribution in [2.45, 2.75) is 37.5 Å². The molecule has 4 heteroatoms. The molecule has 1 aromatic heterocycles. The summed E-state index contributed by atoms with van der Waals surface area (Å²) in [5.41, 5.74) is 6.23. The van der Waals surface area contributed by atoms with E-state index in [4.69, 9.17) is 0 Å². The van der Waals surface area contributed by atoms with E-state index in [1.165, 1.54) is 24.8 Å². The molecule has 1 spiro atoms. The Morgan fingerprint density at radius 1 is 1.12 bits per heavy atom. The van der Waals surface area contributed by atoms with Crippen LogP contribution < -0.4 is 5.32 Å². The number of anilines is 1. The van der Waals surface area contributed by atoms with Crippen LogP contribution in [0.1, 0.15) is 43.4 Å². The molecule has 1 fully saturated rings. The first-order valence-corrected chi connectivity index (χ1v) is 8.77. The van der Waals surface area contributed by atoms with E-state index < -0.39 is 0 Å².